The highest BCUT2D eigenvalue weighted by molar-refractivity contribution is 5.86. The highest BCUT2D eigenvalue weighted by Crippen LogP contribution is 2.43. The van der Waals surface area contributed by atoms with Crippen molar-refractivity contribution in [2.45, 2.75) is 52.4 Å². The number of para-hydroxylation sites is 4. The summed E-state index contributed by atoms with van der Waals surface area (Å²) in [5, 5.41) is 0. The van der Waals surface area contributed by atoms with Gasteiger partial charge in [0, 0.05) is 68.2 Å². The second kappa shape index (κ2) is 30.3. The van der Waals surface area contributed by atoms with Gasteiger partial charge in [-0.15, -0.1) is 0 Å². The number of anilines is 12. The van der Waals surface area contributed by atoms with Crippen molar-refractivity contribution in [2.75, 3.05) is 19.6 Å². The predicted octanol–water partition coefficient (Wildman–Crippen LogP) is 28.6. The SMILES string of the molecule is CCC(C)c1ccc(N(c2ccc(-c3ccc(-c4cccc(-c5ccc(-c6ccc(N(c7ccc(-c8ccc(N(c9ccccc9)c9ccccc9)cc8)cc7)c7ccc(C(C)CC)cc7)cc6)cc5)c4)cc3)cc2)c2ccc(-c3ccc(N(c4ccccc4)c4ccccc4)cc3)cc2)cc1. The minimum Gasteiger partial charge on any atom is -0.311 e. The summed E-state index contributed by atoms with van der Waals surface area (Å²) < 4.78 is 0. The first-order valence-corrected chi connectivity index (χ1v) is 35.8. The quantitative estimate of drug-likeness (QED) is 0.0670. The highest BCUT2D eigenvalue weighted by atomic mass is 15.2. The Balaban J connectivity index is 0.631. The molecule has 0 aromatic heterocycles. The molecule has 0 aliphatic heterocycles. The summed E-state index contributed by atoms with van der Waals surface area (Å²) >= 11 is 0. The third-order valence-corrected chi connectivity index (χ3v) is 20.1. The maximum Gasteiger partial charge on any atom is 0.0462 e. The molecule has 102 heavy (non-hydrogen) atoms. The summed E-state index contributed by atoms with van der Waals surface area (Å²) in [6, 6.07) is 141. The van der Waals surface area contributed by atoms with E-state index in [1.165, 1.54) is 66.8 Å². The van der Waals surface area contributed by atoms with E-state index in [1.54, 1.807) is 0 Å². The van der Waals surface area contributed by atoms with Crippen LogP contribution in [0.25, 0.3) is 66.8 Å². The maximum absolute atomic E-state index is 2.37. The molecule has 2 atom stereocenters. The number of nitrogens with zero attached hydrogens (tertiary/aromatic N) is 4. The van der Waals surface area contributed by atoms with Crippen molar-refractivity contribution in [3.63, 3.8) is 0 Å². The second-order valence-electron chi connectivity index (χ2n) is 26.5. The summed E-state index contributed by atoms with van der Waals surface area (Å²) in [6.45, 7) is 9.12. The van der Waals surface area contributed by atoms with Gasteiger partial charge in [-0.1, -0.05) is 264 Å². The molecule has 4 nitrogen and oxygen atoms in total. The van der Waals surface area contributed by atoms with Crippen LogP contribution in [0.1, 0.15) is 63.5 Å². The third-order valence-electron chi connectivity index (χ3n) is 20.1. The fourth-order valence-corrected chi connectivity index (χ4v) is 13.9. The van der Waals surface area contributed by atoms with Gasteiger partial charge in [-0.3, -0.25) is 0 Å². The zero-order valence-electron chi connectivity index (χ0n) is 58.3. The highest BCUT2D eigenvalue weighted by Gasteiger charge is 2.20. The van der Waals surface area contributed by atoms with Gasteiger partial charge in [-0.25, -0.2) is 0 Å². The Kier molecular flexibility index (Phi) is 19.4. The molecule has 0 spiro atoms. The van der Waals surface area contributed by atoms with Crippen LogP contribution in [0.15, 0.2) is 388 Å². The van der Waals surface area contributed by atoms with Crippen molar-refractivity contribution in [1.29, 1.82) is 0 Å². The lowest BCUT2D eigenvalue weighted by molar-refractivity contribution is 0.733. The Hall–Kier alpha value is -12.5. The van der Waals surface area contributed by atoms with E-state index in [0.717, 1.165) is 92.2 Å². The molecule has 0 bridgehead atoms. The fraction of sp³-hybridized carbons (Fsp3) is 0.0816. The lowest BCUT2D eigenvalue weighted by Gasteiger charge is -2.27. The van der Waals surface area contributed by atoms with Gasteiger partial charge in [0.2, 0.25) is 0 Å². The van der Waals surface area contributed by atoms with Gasteiger partial charge in [0.1, 0.15) is 0 Å². The summed E-state index contributed by atoms with van der Waals surface area (Å²) in [5.41, 5.74) is 30.1. The third kappa shape index (κ3) is 14.4. The molecule has 0 heterocycles. The van der Waals surface area contributed by atoms with E-state index in [9.17, 15) is 0 Å². The Morgan fingerprint density at radius 3 is 0.510 bits per heavy atom. The zero-order chi connectivity index (χ0) is 69.1. The van der Waals surface area contributed by atoms with Crippen molar-refractivity contribution < 1.29 is 0 Å². The van der Waals surface area contributed by atoms with E-state index < -0.39 is 0 Å². The average molecular weight is 1320 g/mol. The number of hydrogen-bond acceptors (Lipinski definition) is 4. The molecular weight excluding hydrogens is 1230 g/mol. The molecule has 0 N–H and O–H groups in total. The van der Waals surface area contributed by atoms with Crippen molar-refractivity contribution in [2.24, 2.45) is 0 Å². The molecule has 0 aliphatic rings. The minimum atomic E-state index is 0.493. The van der Waals surface area contributed by atoms with Gasteiger partial charge >= 0.3 is 0 Å². The van der Waals surface area contributed by atoms with E-state index in [0.29, 0.717) is 11.8 Å². The fourth-order valence-electron chi connectivity index (χ4n) is 13.9. The van der Waals surface area contributed by atoms with Crippen molar-refractivity contribution in [3.8, 4) is 66.8 Å². The maximum atomic E-state index is 2.37. The van der Waals surface area contributed by atoms with Crippen LogP contribution in [-0.4, -0.2) is 0 Å². The normalized spacial score (nSPS) is 11.7. The van der Waals surface area contributed by atoms with Crippen molar-refractivity contribution in [1.82, 2.24) is 0 Å². The summed E-state index contributed by atoms with van der Waals surface area (Å²) in [4.78, 5) is 9.34. The standard InChI is InChI=1S/C98H82N4/c1-5-71(3)73-38-54-91(55-39-73)101(97-66-50-81(51-67-97)79-46-58-93(59-47-79)99(87-22-11-7-12-23-87)88-24-13-8-14-25-88)95-62-42-77(43-63-95)75-30-34-83(35-31-75)85-20-19-21-86(70-85)84-36-32-76(33-37-84)78-44-64-96(65-45-78)102(92-56-40-74(41-57-92)72(4)6-2)98-68-52-82(53-69-98)80-48-60-94(61-49-80)100(89-26-15-9-16-27-89)90-28-17-10-18-29-90/h7-72H,5-6H2,1-4H3. The van der Waals surface area contributed by atoms with E-state index in [1.807, 2.05) is 0 Å². The minimum absolute atomic E-state index is 0.493. The summed E-state index contributed by atoms with van der Waals surface area (Å²) in [7, 11) is 0. The molecule has 0 saturated heterocycles. The van der Waals surface area contributed by atoms with Gasteiger partial charge in [0.05, 0.1) is 0 Å². The predicted molar refractivity (Wildman–Crippen MR) is 435 cm³/mol. The molecule has 15 rings (SSSR count). The summed E-state index contributed by atoms with van der Waals surface area (Å²) in [6.07, 6.45) is 2.20. The Bertz CT molecular complexity index is 4760. The van der Waals surface area contributed by atoms with Crippen LogP contribution >= 0.6 is 0 Å². The van der Waals surface area contributed by atoms with Crippen LogP contribution in [0, 0.1) is 0 Å². The molecule has 15 aromatic rings. The molecule has 0 fully saturated rings. The first-order valence-electron chi connectivity index (χ1n) is 35.8. The van der Waals surface area contributed by atoms with E-state index in [2.05, 4.69) is 436 Å². The molecule has 0 radical (unpaired) electrons. The van der Waals surface area contributed by atoms with Gasteiger partial charge in [-0.05, 0) is 254 Å². The molecule has 2 unspecified atom stereocenters. The Morgan fingerprint density at radius 1 is 0.167 bits per heavy atom. The Labute approximate surface area is 602 Å². The van der Waals surface area contributed by atoms with Gasteiger partial charge in [-0.2, -0.15) is 0 Å². The average Bonchev–Trinajstić information content (AvgIpc) is 0.782. The van der Waals surface area contributed by atoms with E-state index in [-0.39, 0.29) is 0 Å². The van der Waals surface area contributed by atoms with E-state index in [4.69, 9.17) is 0 Å². The molecular formula is C98H82N4. The molecule has 0 saturated carbocycles. The number of hydrogen-bond donors (Lipinski definition) is 0. The molecule has 494 valence electrons. The monoisotopic (exact) mass is 1310 g/mol. The van der Waals surface area contributed by atoms with Gasteiger partial charge in [0.15, 0.2) is 0 Å². The van der Waals surface area contributed by atoms with Gasteiger partial charge < -0.3 is 19.6 Å². The molecule has 0 amide bonds. The lowest BCUT2D eigenvalue weighted by atomic mass is 9.96. The largest absolute Gasteiger partial charge is 0.311 e. The zero-order valence-corrected chi connectivity index (χ0v) is 58.3. The second-order valence-corrected chi connectivity index (χ2v) is 26.5. The van der Waals surface area contributed by atoms with Crippen LogP contribution in [0.2, 0.25) is 0 Å². The molecule has 4 heteroatoms. The first kappa shape index (κ1) is 65.4. The number of benzene rings is 15. The Morgan fingerprint density at radius 2 is 0.324 bits per heavy atom. The smallest absolute Gasteiger partial charge is 0.0462 e. The van der Waals surface area contributed by atoms with Crippen LogP contribution in [-0.2, 0) is 0 Å². The van der Waals surface area contributed by atoms with E-state index >= 15 is 0 Å². The van der Waals surface area contributed by atoms with Crippen LogP contribution in [0.3, 0.4) is 0 Å². The van der Waals surface area contributed by atoms with Crippen LogP contribution in [0.4, 0.5) is 68.2 Å². The van der Waals surface area contributed by atoms with Gasteiger partial charge in [0.25, 0.3) is 0 Å². The number of rotatable bonds is 22. The van der Waals surface area contributed by atoms with Crippen molar-refractivity contribution >= 4 is 68.2 Å². The van der Waals surface area contributed by atoms with Crippen LogP contribution < -0.4 is 19.6 Å². The lowest BCUT2D eigenvalue weighted by Crippen LogP contribution is -2.10. The topological polar surface area (TPSA) is 13.0 Å². The molecule has 15 aromatic carbocycles. The van der Waals surface area contributed by atoms with Crippen LogP contribution in [0.5, 0.6) is 0 Å². The summed E-state index contributed by atoms with van der Waals surface area (Å²) in [5.74, 6) is 0.986. The first-order chi connectivity index (χ1) is 50.3. The van der Waals surface area contributed by atoms with Crippen molar-refractivity contribution in [3.05, 3.63) is 399 Å². The molecule has 0 aliphatic carbocycles.